The van der Waals surface area contributed by atoms with Crippen LogP contribution in [-0.4, -0.2) is 22.5 Å². The maximum atomic E-state index is 14.2. The predicted molar refractivity (Wildman–Crippen MR) is 136 cm³/mol. The topological polar surface area (TPSA) is 55.2 Å². The summed E-state index contributed by atoms with van der Waals surface area (Å²) in [6.45, 7) is 0.525. The lowest BCUT2D eigenvalue weighted by Crippen LogP contribution is -2.30. The Morgan fingerprint density at radius 2 is 1.29 bits per heavy atom. The van der Waals surface area contributed by atoms with E-state index in [9.17, 15) is 8.42 Å². The van der Waals surface area contributed by atoms with E-state index in [1.54, 1.807) is 10.9 Å². The van der Waals surface area contributed by atoms with Gasteiger partial charge in [-0.1, -0.05) is 84.9 Å². The average molecular weight is 486 g/mol. The maximum Gasteiger partial charge on any atom is 0.247 e. The molecule has 5 nitrogen and oxygen atoms in total. The fraction of sp³-hybridized carbons (Fsp3) is 0.0741. The molecule has 5 aromatic rings. The van der Waals surface area contributed by atoms with Crippen molar-refractivity contribution in [3.8, 4) is 16.3 Å². The van der Waals surface area contributed by atoms with E-state index in [0.29, 0.717) is 5.69 Å². The van der Waals surface area contributed by atoms with Gasteiger partial charge in [-0.15, -0.1) is 11.3 Å². The van der Waals surface area contributed by atoms with Gasteiger partial charge in [-0.3, -0.25) is 0 Å². The van der Waals surface area contributed by atoms with Crippen molar-refractivity contribution in [2.75, 3.05) is 0 Å². The standard InChI is InChI=1S/C27H23N3O2S2/c31-34(32,29(19-22-11-4-1-5-12-22)20-23-13-6-2-7-14-23)26-21-30(24-15-8-3-9-16-24)28-27(26)25-17-10-18-33-25/h1-18,21H,19-20H2. The second-order valence-electron chi connectivity index (χ2n) is 7.84. The Morgan fingerprint density at radius 1 is 0.735 bits per heavy atom. The monoisotopic (exact) mass is 485 g/mol. The number of hydrogen-bond donors (Lipinski definition) is 0. The maximum absolute atomic E-state index is 14.2. The fourth-order valence-corrected chi connectivity index (χ4v) is 6.12. The van der Waals surface area contributed by atoms with Gasteiger partial charge in [0.25, 0.3) is 0 Å². The summed E-state index contributed by atoms with van der Waals surface area (Å²) in [7, 11) is -3.88. The van der Waals surface area contributed by atoms with Crippen LogP contribution in [0.25, 0.3) is 16.3 Å². The van der Waals surface area contributed by atoms with Crippen LogP contribution in [0.4, 0.5) is 0 Å². The average Bonchev–Trinajstić information content (AvgIpc) is 3.56. The molecule has 0 aliphatic carbocycles. The van der Waals surface area contributed by atoms with Crippen molar-refractivity contribution < 1.29 is 8.42 Å². The first-order valence-electron chi connectivity index (χ1n) is 10.9. The highest BCUT2D eigenvalue weighted by molar-refractivity contribution is 7.89. The van der Waals surface area contributed by atoms with Crippen molar-refractivity contribution in [2.45, 2.75) is 18.0 Å². The van der Waals surface area contributed by atoms with Crippen molar-refractivity contribution >= 4 is 21.4 Å². The van der Waals surface area contributed by atoms with Crippen molar-refractivity contribution in [1.82, 2.24) is 14.1 Å². The zero-order valence-electron chi connectivity index (χ0n) is 18.4. The molecule has 34 heavy (non-hydrogen) atoms. The Morgan fingerprint density at radius 3 is 1.82 bits per heavy atom. The summed E-state index contributed by atoms with van der Waals surface area (Å²) in [5.74, 6) is 0. The minimum absolute atomic E-state index is 0.200. The van der Waals surface area contributed by atoms with Crippen LogP contribution in [-0.2, 0) is 23.1 Å². The molecule has 0 unspecified atom stereocenters. The van der Waals surface area contributed by atoms with Crippen LogP contribution in [0.3, 0.4) is 0 Å². The number of aromatic nitrogens is 2. The van der Waals surface area contributed by atoms with Crippen LogP contribution < -0.4 is 0 Å². The largest absolute Gasteiger partial charge is 0.247 e. The Balaban J connectivity index is 1.62. The SMILES string of the molecule is O=S(=O)(c1cn(-c2ccccc2)nc1-c1cccs1)N(Cc1ccccc1)Cc1ccccc1. The van der Waals surface area contributed by atoms with E-state index in [-0.39, 0.29) is 18.0 Å². The molecule has 170 valence electrons. The number of benzene rings is 3. The molecule has 0 saturated heterocycles. The molecular formula is C27H23N3O2S2. The first-order chi connectivity index (χ1) is 16.6. The number of sulfonamides is 1. The van der Waals surface area contributed by atoms with E-state index in [2.05, 4.69) is 0 Å². The van der Waals surface area contributed by atoms with E-state index in [1.807, 2.05) is 109 Å². The van der Waals surface area contributed by atoms with Crippen molar-refractivity contribution in [3.05, 3.63) is 126 Å². The Labute approximate surface area is 203 Å². The molecule has 7 heteroatoms. The molecule has 0 radical (unpaired) electrons. The lowest BCUT2D eigenvalue weighted by Gasteiger charge is -2.22. The second kappa shape index (κ2) is 9.77. The summed E-state index contributed by atoms with van der Waals surface area (Å²) in [5.41, 5.74) is 3.12. The van der Waals surface area contributed by atoms with Crippen LogP contribution in [0.1, 0.15) is 11.1 Å². The van der Waals surface area contributed by atoms with E-state index in [1.165, 1.54) is 15.6 Å². The highest BCUT2D eigenvalue weighted by Gasteiger charge is 2.31. The molecule has 0 aliphatic heterocycles. The highest BCUT2D eigenvalue weighted by atomic mass is 32.2. The summed E-state index contributed by atoms with van der Waals surface area (Å²) in [5, 5.41) is 6.64. The molecule has 2 aromatic heterocycles. The number of thiophene rings is 1. The second-order valence-corrected chi connectivity index (χ2v) is 10.7. The van der Waals surface area contributed by atoms with E-state index in [0.717, 1.165) is 21.7 Å². The van der Waals surface area contributed by atoms with Gasteiger partial charge in [0.2, 0.25) is 10.0 Å². The van der Waals surface area contributed by atoms with Gasteiger partial charge in [0.1, 0.15) is 10.6 Å². The van der Waals surface area contributed by atoms with Gasteiger partial charge in [-0.2, -0.15) is 9.40 Å². The molecule has 0 N–H and O–H groups in total. The van der Waals surface area contributed by atoms with E-state index < -0.39 is 10.0 Å². The first kappa shape index (κ1) is 22.3. The van der Waals surface area contributed by atoms with Gasteiger partial charge >= 0.3 is 0 Å². The number of para-hydroxylation sites is 1. The molecule has 0 atom stereocenters. The normalized spacial score (nSPS) is 11.7. The van der Waals surface area contributed by atoms with E-state index in [4.69, 9.17) is 5.10 Å². The summed E-state index contributed by atoms with van der Waals surface area (Å²) in [4.78, 5) is 1.01. The Bertz CT molecular complexity index is 1410. The number of rotatable bonds is 8. The molecule has 0 spiro atoms. The molecule has 0 aliphatic rings. The fourth-order valence-electron chi connectivity index (χ4n) is 3.78. The van der Waals surface area contributed by atoms with Crippen LogP contribution in [0, 0.1) is 0 Å². The summed E-state index contributed by atoms with van der Waals surface area (Å²) < 4.78 is 31.5. The zero-order valence-corrected chi connectivity index (χ0v) is 20.0. The molecule has 0 amide bonds. The summed E-state index contributed by atoms with van der Waals surface area (Å²) in [6, 6.07) is 32.7. The van der Waals surface area contributed by atoms with Crippen molar-refractivity contribution in [1.29, 1.82) is 0 Å². The third kappa shape index (κ3) is 4.72. The predicted octanol–water partition coefficient (Wildman–Crippen LogP) is 5.99. The van der Waals surface area contributed by atoms with Gasteiger partial charge in [-0.25, -0.2) is 13.1 Å². The first-order valence-corrected chi connectivity index (χ1v) is 13.2. The van der Waals surface area contributed by atoms with Gasteiger partial charge in [0.15, 0.2) is 0 Å². The van der Waals surface area contributed by atoms with Gasteiger partial charge < -0.3 is 0 Å². The molecule has 0 fully saturated rings. The molecule has 5 rings (SSSR count). The quantitative estimate of drug-likeness (QED) is 0.271. The molecule has 0 saturated carbocycles. The summed E-state index contributed by atoms with van der Waals surface area (Å²) >= 11 is 1.48. The minimum Gasteiger partial charge on any atom is -0.239 e. The molecule has 2 heterocycles. The van der Waals surface area contributed by atoms with Crippen LogP contribution in [0.15, 0.2) is 120 Å². The highest BCUT2D eigenvalue weighted by Crippen LogP contribution is 2.33. The number of hydrogen-bond acceptors (Lipinski definition) is 4. The number of nitrogens with zero attached hydrogens (tertiary/aromatic N) is 3. The molecule has 0 bridgehead atoms. The van der Waals surface area contributed by atoms with Gasteiger partial charge in [0.05, 0.1) is 16.8 Å². The lowest BCUT2D eigenvalue weighted by atomic mass is 10.2. The Kier molecular flexibility index (Phi) is 6.40. The van der Waals surface area contributed by atoms with Crippen LogP contribution in [0.2, 0.25) is 0 Å². The smallest absolute Gasteiger partial charge is 0.239 e. The van der Waals surface area contributed by atoms with Gasteiger partial charge in [0, 0.05) is 13.1 Å². The Hall–Kier alpha value is -3.52. The van der Waals surface area contributed by atoms with Crippen molar-refractivity contribution in [2.24, 2.45) is 0 Å². The van der Waals surface area contributed by atoms with Crippen LogP contribution >= 0.6 is 11.3 Å². The minimum atomic E-state index is -3.88. The van der Waals surface area contributed by atoms with Crippen molar-refractivity contribution in [3.63, 3.8) is 0 Å². The lowest BCUT2D eigenvalue weighted by molar-refractivity contribution is 0.401. The van der Waals surface area contributed by atoms with Gasteiger partial charge in [-0.05, 0) is 34.7 Å². The molecule has 3 aromatic carbocycles. The van der Waals surface area contributed by atoms with Crippen LogP contribution in [0.5, 0.6) is 0 Å². The molecular weight excluding hydrogens is 462 g/mol. The zero-order chi connectivity index (χ0) is 23.4. The van der Waals surface area contributed by atoms with E-state index >= 15 is 0 Å². The third-order valence-corrected chi connectivity index (χ3v) is 8.15. The summed E-state index contributed by atoms with van der Waals surface area (Å²) in [6.07, 6.45) is 1.63. The third-order valence-electron chi connectivity index (χ3n) is 5.48.